The van der Waals surface area contributed by atoms with Gasteiger partial charge in [-0.2, -0.15) is 0 Å². The average molecular weight is 724 g/mol. The summed E-state index contributed by atoms with van der Waals surface area (Å²) in [6.45, 7) is 8.82. The number of amides is 6. The monoisotopic (exact) mass is 723 g/mol. The lowest BCUT2D eigenvalue weighted by molar-refractivity contribution is -0.145. The van der Waals surface area contributed by atoms with Crippen molar-refractivity contribution in [2.24, 2.45) is 5.41 Å². The molecule has 4 atom stereocenters. The summed E-state index contributed by atoms with van der Waals surface area (Å²) in [6, 6.07) is -3.64. The Balaban J connectivity index is 1.99. The zero-order chi connectivity index (χ0) is 38.6. The van der Waals surface area contributed by atoms with Gasteiger partial charge in [-0.15, -0.1) is 6.42 Å². The maximum absolute atomic E-state index is 14.7. The number of likely N-dealkylation sites (tertiary alicyclic amines) is 1. The first kappa shape index (κ1) is 41.5. The third-order valence-electron chi connectivity index (χ3n) is 9.36. The number of likely N-dealkylation sites (N-methyl/N-ethyl adjacent to an activating group) is 1. The summed E-state index contributed by atoms with van der Waals surface area (Å²) in [5.41, 5.74) is -2.12. The van der Waals surface area contributed by atoms with Crippen molar-refractivity contribution in [3.8, 4) is 12.3 Å². The molecule has 1 aliphatic heterocycles. The molecule has 0 aromatic carbocycles. The molecule has 0 bridgehead atoms. The third-order valence-corrected chi connectivity index (χ3v) is 9.36. The van der Waals surface area contributed by atoms with Gasteiger partial charge in [-0.1, -0.05) is 53.4 Å². The molecule has 52 heavy (non-hydrogen) atoms. The highest BCUT2D eigenvalue weighted by molar-refractivity contribution is 6.38. The highest BCUT2D eigenvalue weighted by atomic mass is 16.2. The summed E-state index contributed by atoms with van der Waals surface area (Å²) in [6.07, 6.45) is 14.0. The van der Waals surface area contributed by atoms with E-state index in [0.29, 0.717) is 19.4 Å². The summed E-state index contributed by atoms with van der Waals surface area (Å²) in [7, 11) is 1.79. The summed E-state index contributed by atoms with van der Waals surface area (Å²) >= 11 is 0. The molecule has 1 saturated carbocycles. The molecule has 16 nitrogen and oxygen atoms in total. The number of nitrogens with one attached hydrogen (secondary N) is 4. The molecule has 0 radical (unpaired) electrons. The Labute approximate surface area is 305 Å². The van der Waals surface area contributed by atoms with Crippen LogP contribution in [0.4, 0.5) is 0 Å². The Hall–Kier alpha value is -4.91. The maximum Gasteiger partial charge on any atom is 0.289 e. The lowest BCUT2D eigenvalue weighted by Crippen LogP contribution is -2.62. The first-order chi connectivity index (χ1) is 24.6. The van der Waals surface area contributed by atoms with Gasteiger partial charge in [-0.05, 0) is 38.1 Å². The number of carbonyl (C=O) groups is 7. The fourth-order valence-electron chi connectivity index (χ4n) is 6.18. The van der Waals surface area contributed by atoms with Gasteiger partial charge in [-0.25, -0.2) is 4.98 Å². The number of nitrogens with zero attached hydrogens (tertiary/aromatic N) is 5. The highest BCUT2D eigenvalue weighted by Gasteiger charge is 2.56. The summed E-state index contributed by atoms with van der Waals surface area (Å²) in [5.74, 6) is -1.68. The Morgan fingerprint density at radius 1 is 1.12 bits per heavy atom. The standard InChI is InChI=1S/C36H53N9O7/c1-8-11-18-43(7)36(44(23-46)17-10-3)19-27(32(50)41-25(12-9-2)29(48)33(51)40-24-13-14-24)45(22-36)34(52)30(35(4,5)6)42-28(47)21-39-31(49)26-20-37-15-16-38-26/h3,15-16,20,23-25,27,30H,8-9,11-14,17-19,21-22H2,1-2,4-7H3,(H,39,49)(H,40,51)(H,41,50)(H,42,47)/t25?,27-,30+,36?/m0/s1. The minimum atomic E-state index is -1.23. The van der Waals surface area contributed by atoms with Gasteiger partial charge < -0.3 is 31.1 Å². The van der Waals surface area contributed by atoms with Crippen LogP contribution in [0.5, 0.6) is 0 Å². The molecular weight excluding hydrogens is 670 g/mol. The minimum absolute atomic E-state index is 0.00443. The molecular formula is C36H53N9O7. The van der Waals surface area contributed by atoms with Gasteiger partial charge in [0.1, 0.15) is 23.4 Å². The molecule has 2 aliphatic rings. The summed E-state index contributed by atoms with van der Waals surface area (Å²) < 4.78 is 0. The van der Waals surface area contributed by atoms with Crippen LogP contribution in [0.1, 0.15) is 90.1 Å². The largest absolute Gasteiger partial charge is 0.347 e. The smallest absolute Gasteiger partial charge is 0.289 e. The van der Waals surface area contributed by atoms with E-state index in [0.717, 1.165) is 25.7 Å². The van der Waals surface area contributed by atoms with Gasteiger partial charge in [-0.3, -0.25) is 43.4 Å². The summed E-state index contributed by atoms with van der Waals surface area (Å²) in [4.78, 5) is 106. The van der Waals surface area contributed by atoms with Crippen LogP contribution in [0.3, 0.4) is 0 Å². The molecule has 16 heteroatoms. The van der Waals surface area contributed by atoms with Crippen LogP contribution in [0.15, 0.2) is 18.6 Å². The van der Waals surface area contributed by atoms with Crippen molar-refractivity contribution >= 4 is 41.7 Å². The van der Waals surface area contributed by atoms with Gasteiger partial charge in [0.25, 0.3) is 11.8 Å². The number of hydrogen-bond donors (Lipinski definition) is 4. The van der Waals surface area contributed by atoms with E-state index in [9.17, 15) is 33.6 Å². The SMILES string of the molecule is C#CCN(C=O)C1(N(C)CCCC)C[C@@H](C(=O)NC(CCC)C(=O)C(=O)NC2CC2)N(C(=O)[C@@H](NC(=O)CNC(=O)c2cnccn2)C(C)(C)C)C1. The van der Waals surface area contributed by atoms with Crippen LogP contribution >= 0.6 is 0 Å². The molecule has 0 spiro atoms. The predicted molar refractivity (Wildman–Crippen MR) is 191 cm³/mol. The van der Waals surface area contributed by atoms with E-state index in [1.54, 1.807) is 27.8 Å². The molecule has 1 aromatic heterocycles. The van der Waals surface area contributed by atoms with E-state index >= 15 is 0 Å². The van der Waals surface area contributed by atoms with Crippen molar-refractivity contribution < 1.29 is 33.6 Å². The van der Waals surface area contributed by atoms with Crippen LogP contribution in [-0.2, 0) is 28.8 Å². The number of rotatable bonds is 19. The number of ketones is 1. The van der Waals surface area contributed by atoms with Crippen molar-refractivity contribution in [2.45, 2.75) is 109 Å². The quantitative estimate of drug-likeness (QED) is 0.0651. The van der Waals surface area contributed by atoms with Gasteiger partial charge >= 0.3 is 0 Å². The normalized spacial score (nSPS) is 19.5. The molecule has 6 amide bonds. The molecule has 2 heterocycles. The molecule has 4 N–H and O–H groups in total. The highest BCUT2D eigenvalue weighted by Crippen LogP contribution is 2.37. The number of aromatic nitrogens is 2. The second kappa shape index (κ2) is 18.5. The van der Waals surface area contributed by atoms with Crippen LogP contribution < -0.4 is 21.3 Å². The van der Waals surface area contributed by atoms with Gasteiger partial charge in [0.2, 0.25) is 29.9 Å². The number of terminal acetylenes is 1. The van der Waals surface area contributed by atoms with Gasteiger partial charge in [0, 0.05) is 31.4 Å². The second-order valence-corrected chi connectivity index (χ2v) is 14.5. The lowest BCUT2D eigenvalue weighted by Gasteiger charge is -2.45. The van der Waals surface area contributed by atoms with Crippen molar-refractivity contribution in [3.05, 3.63) is 24.3 Å². The first-order valence-corrected chi connectivity index (χ1v) is 17.8. The lowest BCUT2D eigenvalue weighted by atomic mass is 9.85. The molecule has 3 rings (SSSR count). The van der Waals surface area contributed by atoms with Crippen molar-refractivity contribution in [3.63, 3.8) is 0 Å². The molecule has 284 valence electrons. The van der Waals surface area contributed by atoms with Crippen molar-refractivity contribution in [1.82, 2.24) is 45.9 Å². The number of carbonyl (C=O) groups excluding carboxylic acids is 7. The van der Waals surface area contributed by atoms with E-state index in [1.165, 1.54) is 28.4 Å². The molecule has 2 unspecified atom stereocenters. The van der Waals surface area contributed by atoms with Crippen LogP contribution in [0.25, 0.3) is 0 Å². The topological polar surface area (TPSA) is 203 Å². The first-order valence-electron chi connectivity index (χ1n) is 17.8. The van der Waals surface area contributed by atoms with E-state index < -0.39 is 71.1 Å². The zero-order valence-electron chi connectivity index (χ0n) is 31.1. The van der Waals surface area contributed by atoms with Crippen molar-refractivity contribution in [1.29, 1.82) is 0 Å². The Kier molecular flexibility index (Phi) is 14.8. The van der Waals surface area contributed by atoms with Gasteiger partial charge in [0.05, 0.1) is 31.9 Å². The maximum atomic E-state index is 14.7. The Morgan fingerprint density at radius 2 is 1.83 bits per heavy atom. The Morgan fingerprint density at radius 3 is 2.38 bits per heavy atom. The third kappa shape index (κ3) is 10.6. The van der Waals surface area contributed by atoms with Gasteiger partial charge in [0.15, 0.2) is 0 Å². The Bertz CT molecular complexity index is 1510. The van der Waals surface area contributed by atoms with Crippen LogP contribution in [0, 0.1) is 17.8 Å². The summed E-state index contributed by atoms with van der Waals surface area (Å²) in [5, 5.41) is 10.6. The van der Waals surface area contributed by atoms with E-state index in [1.807, 2.05) is 18.7 Å². The van der Waals surface area contributed by atoms with Crippen molar-refractivity contribution in [2.75, 3.05) is 33.2 Å². The second-order valence-electron chi connectivity index (χ2n) is 14.5. The van der Waals surface area contributed by atoms with E-state index in [4.69, 9.17) is 6.42 Å². The molecule has 1 aliphatic carbocycles. The number of hydrogen-bond acceptors (Lipinski definition) is 10. The molecule has 1 aromatic rings. The molecule has 1 saturated heterocycles. The zero-order valence-corrected chi connectivity index (χ0v) is 31.1. The van der Waals surface area contributed by atoms with Crippen LogP contribution in [-0.4, -0.2) is 129 Å². The fourth-order valence-corrected chi connectivity index (χ4v) is 6.18. The number of Topliss-reactive ketones (excluding diaryl/α,β-unsaturated/α-hetero) is 1. The minimum Gasteiger partial charge on any atom is -0.347 e. The molecule has 2 fully saturated rings. The number of unbranched alkanes of at least 4 members (excludes halogenated alkanes) is 1. The van der Waals surface area contributed by atoms with E-state index in [2.05, 4.69) is 37.2 Å². The van der Waals surface area contributed by atoms with E-state index in [-0.39, 0.29) is 37.7 Å². The predicted octanol–water partition coefficient (Wildman–Crippen LogP) is -0.00940. The average Bonchev–Trinajstić information content (AvgIpc) is 3.84. The fraction of sp³-hybridized carbons (Fsp3) is 0.639. The van der Waals surface area contributed by atoms with Crippen LogP contribution in [0.2, 0.25) is 0 Å².